The van der Waals surface area contributed by atoms with Crippen LogP contribution in [0.1, 0.15) is 50.9 Å². The lowest BCUT2D eigenvalue weighted by Crippen LogP contribution is -2.37. The van der Waals surface area contributed by atoms with E-state index in [-0.39, 0.29) is 17.8 Å². The molecule has 194 valence electrons. The fraction of sp³-hybridized carbons (Fsp3) is 0.308. The lowest BCUT2D eigenvalue weighted by Gasteiger charge is -2.32. The van der Waals surface area contributed by atoms with Crippen molar-refractivity contribution in [2.24, 2.45) is 5.92 Å². The molecule has 0 radical (unpaired) electrons. The summed E-state index contributed by atoms with van der Waals surface area (Å²) in [4.78, 5) is 27.0. The summed E-state index contributed by atoms with van der Waals surface area (Å²) in [6, 6.07) is 13.2. The number of aliphatic hydroxyl groups excluding tert-OH is 1. The minimum absolute atomic E-state index is 0.0314. The van der Waals surface area contributed by atoms with Gasteiger partial charge in [0.05, 0.1) is 11.7 Å². The summed E-state index contributed by atoms with van der Waals surface area (Å²) in [5.74, 6) is -1.56. The topological polar surface area (TPSA) is 95.4 Å². The number of carbonyl (C=O) groups is 2. The van der Waals surface area contributed by atoms with E-state index in [4.69, 9.17) is 0 Å². The van der Waals surface area contributed by atoms with Crippen LogP contribution in [0.4, 0.5) is 23.4 Å². The number of hydrogen-bond acceptors (Lipinski definition) is 6. The standard InChI is InChI=1S/C26H24F4N4O3/c27-18-7-5-16(6-8-18)22(35)15-31-25(37)21-9-10-23(33-32-21)34-13-11-17(12-14-34)24(36)19-3-1-2-4-20(19)26(28,29)30/h1-10,17,22,35H,11-15H2,(H,31,37). The maximum atomic E-state index is 13.3. The Balaban J connectivity index is 1.31. The van der Waals surface area contributed by atoms with Gasteiger partial charge in [-0.15, -0.1) is 10.2 Å². The summed E-state index contributed by atoms with van der Waals surface area (Å²) in [5.41, 5.74) is -0.753. The smallest absolute Gasteiger partial charge is 0.387 e. The molecular weight excluding hydrogens is 492 g/mol. The van der Waals surface area contributed by atoms with Gasteiger partial charge in [-0.2, -0.15) is 13.2 Å². The highest BCUT2D eigenvalue weighted by Gasteiger charge is 2.37. The van der Waals surface area contributed by atoms with Crippen molar-refractivity contribution in [1.82, 2.24) is 15.5 Å². The molecule has 1 fully saturated rings. The van der Waals surface area contributed by atoms with Gasteiger partial charge in [-0.25, -0.2) is 4.39 Å². The number of halogens is 4. The van der Waals surface area contributed by atoms with Crippen LogP contribution in [-0.4, -0.2) is 46.6 Å². The lowest BCUT2D eigenvalue weighted by atomic mass is 9.87. The zero-order valence-corrected chi connectivity index (χ0v) is 19.6. The molecule has 3 aromatic rings. The number of hydrogen-bond donors (Lipinski definition) is 2. The van der Waals surface area contributed by atoms with Gasteiger partial charge in [0.25, 0.3) is 5.91 Å². The number of aliphatic hydroxyl groups is 1. The number of nitrogens with zero attached hydrogens (tertiary/aromatic N) is 3. The molecule has 11 heteroatoms. The lowest BCUT2D eigenvalue weighted by molar-refractivity contribution is -0.137. The van der Waals surface area contributed by atoms with E-state index in [1.165, 1.54) is 48.5 Å². The second-order valence-electron chi connectivity index (χ2n) is 8.72. The highest BCUT2D eigenvalue weighted by atomic mass is 19.4. The second-order valence-corrected chi connectivity index (χ2v) is 8.72. The number of carbonyl (C=O) groups excluding carboxylic acids is 2. The number of alkyl halides is 3. The summed E-state index contributed by atoms with van der Waals surface area (Å²) in [6.07, 6.45) is -4.91. The molecule has 1 aromatic heterocycles. The van der Waals surface area contributed by atoms with Crippen molar-refractivity contribution in [1.29, 1.82) is 0 Å². The normalized spacial score (nSPS) is 15.3. The number of amides is 1. The van der Waals surface area contributed by atoms with Crippen molar-refractivity contribution in [3.63, 3.8) is 0 Å². The van der Waals surface area contributed by atoms with Gasteiger partial charge in [0.1, 0.15) is 5.82 Å². The Labute approximate surface area is 210 Å². The number of Topliss-reactive ketones (excluding diaryl/α,β-unsaturated/α-hetero) is 1. The van der Waals surface area contributed by atoms with Gasteiger partial charge >= 0.3 is 6.18 Å². The molecular formula is C26H24F4N4O3. The molecule has 1 amide bonds. The first-order valence-electron chi connectivity index (χ1n) is 11.6. The number of aromatic nitrogens is 2. The van der Waals surface area contributed by atoms with Gasteiger partial charge in [-0.05, 0) is 48.7 Å². The van der Waals surface area contributed by atoms with E-state index in [0.29, 0.717) is 37.3 Å². The van der Waals surface area contributed by atoms with Gasteiger partial charge in [-0.3, -0.25) is 9.59 Å². The van der Waals surface area contributed by atoms with E-state index in [9.17, 15) is 32.3 Å². The third kappa shape index (κ3) is 6.29. The maximum absolute atomic E-state index is 13.3. The largest absolute Gasteiger partial charge is 0.417 e. The quantitative estimate of drug-likeness (QED) is 0.361. The van der Waals surface area contributed by atoms with Crippen molar-refractivity contribution < 1.29 is 32.3 Å². The summed E-state index contributed by atoms with van der Waals surface area (Å²) >= 11 is 0. The SMILES string of the molecule is O=C(NCC(O)c1ccc(F)cc1)c1ccc(N2CCC(C(=O)c3ccccc3C(F)(F)F)CC2)nn1. The van der Waals surface area contributed by atoms with E-state index >= 15 is 0 Å². The van der Waals surface area contributed by atoms with E-state index in [1.54, 1.807) is 6.07 Å². The van der Waals surface area contributed by atoms with Crippen LogP contribution in [-0.2, 0) is 6.18 Å². The molecule has 1 unspecified atom stereocenters. The van der Waals surface area contributed by atoms with Crippen molar-refractivity contribution in [3.8, 4) is 0 Å². The Kier molecular flexibility index (Phi) is 7.82. The van der Waals surface area contributed by atoms with Crippen LogP contribution in [0.25, 0.3) is 0 Å². The third-order valence-corrected chi connectivity index (χ3v) is 6.28. The number of anilines is 1. The molecule has 7 nitrogen and oxygen atoms in total. The minimum Gasteiger partial charge on any atom is -0.387 e. The number of rotatable bonds is 7. The Bertz CT molecular complexity index is 1240. The number of benzene rings is 2. The fourth-order valence-corrected chi connectivity index (χ4v) is 4.23. The molecule has 2 heterocycles. The first kappa shape index (κ1) is 26.2. The van der Waals surface area contributed by atoms with Crippen molar-refractivity contribution in [2.45, 2.75) is 25.1 Å². The molecule has 0 bridgehead atoms. The molecule has 1 aliphatic heterocycles. The van der Waals surface area contributed by atoms with Gasteiger partial charge in [0.2, 0.25) is 0 Å². The van der Waals surface area contributed by atoms with Gasteiger partial charge in [-0.1, -0.05) is 30.3 Å². The van der Waals surface area contributed by atoms with E-state index in [0.717, 1.165) is 6.07 Å². The van der Waals surface area contributed by atoms with Crippen LogP contribution in [0.2, 0.25) is 0 Å². The maximum Gasteiger partial charge on any atom is 0.417 e. The Morgan fingerprint density at radius 1 is 1.00 bits per heavy atom. The summed E-state index contributed by atoms with van der Waals surface area (Å²) in [5, 5.41) is 20.7. The molecule has 1 aliphatic rings. The van der Waals surface area contributed by atoms with Crippen LogP contribution in [0, 0.1) is 11.7 Å². The molecule has 4 rings (SSSR count). The highest BCUT2D eigenvalue weighted by molar-refractivity contribution is 5.99. The average molecular weight is 516 g/mol. The Hall–Kier alpha value is -3.86. The molecule has 1 atom stereocenters. The zero-order chi connectivity index (χ0) is 26.6. The average Bonchev–Trinajstić information content (AvgIpc) is 2.91. The van der Waals surface area contributed by atoms with Crippen LogP contribution in [0.5, 0.6) is 0 Å². The summed E-state index contributed by atoms with van der Waals surface area (Å²) < 4.78 is 52.9. The van der Waals surface area contributed by atoms with Gasteiger partial charge in [0, 0.05) is 31.1 Å². The molecule has 2 aromatic carbocycles. The number of ketones is 1. The second kappa shape index (κ2) is 11.0. The predicted octanol–water partition coefficient (Wildman–Crippen LogP) is 4.20. The molecule has 37 heavy (non-hydrogen) atoms. The van der Waals surface area contributed by atoms with E-state index in [1.807, 2.05) is 4.90 Å². The van der Waals surface area contributed by atoms with Crippen LogP contribution >= 0.6 is 0 Å². The van der Waals surface area contributed by atoms with Crippen molar-refractivity contribution in [2.75, 3.05) is 24.5 Å². The van der Waals surface area contributed by atoms with Gasteiger partial charge < -0.3 is 15.3 Å². The molecule has 0 aliphatic carbocycles. The number of nitrogens with one attached hydrogen (secondary N) is 1. The van der Waals surface area contributed by atoms with Crippen molar-refractivity contribution in [3.05, 3.63) is 88.9 Å². The van der Waals surface area contributed by atoms with Gasteiger partial charge in [0.15, 0.2) is 17.3 Å². The van der Waals surface area contributed by atoms with Crippen LogP contribution in [0.15, 0.2) is 60.7 Å². The van der Waals surface area contributed by atoms with E-state index in [2.05, 4.69) is 15.5 Å². The molecule has 0 spiro atoms. The van der Waals surface area contributed by atoms with E-state index < -0.39 is 41.3 Å². The zero-order valence-electron chi connectivity index (χ0n) is 19.6. The number of piperidine rings is 1. The highest BCUT2D eigenvalue weighted by Crippen LogP contribution is 2.34. The monoisotopic (exact) mass is 516 g/mol. The Morgan fingerprint density at radius 3 is 2.30 bits per heavy atom. The van der Waals surface area contributed by atoms with Crippen molar-refractivity contribution >= 4 is 17.5 Å². The predicted molar refractivity (Wildman–Crippen MR) is 126 cm³/mol. The van der Waals surface area contributed by atoms with Crippen LogP contribution < -0.4 is 10.2 Å². The fourth-order valence-electron chi connectivity index (χ4n) is 4.23. The molecule has 0 saturated carbocycles. The molecule has 1 saturated heterocycles. The van der Waals surface area contributed by atoms with Crippen LogP contribution in [0.3, 0.4) is 0 Å². The third-order valence-electron chi connectivity index (χ3n) is 6.28. The molecule has 2 N–H and O–H groups in total. The Morgan fingerprint density at radius 2 is 1.68 bits per heavy atom. The first-order chi connectivity index (χ1) is 17.6. The minimum atomic E-state index is -4.60. The first-order valence-corrected chi connectivity index (χ1v) is 11.6. The summed E-state index contributed by atoms with van der Waals surface area (Å²) in [7, 11) is 0. The summed E-state index contributed by atoms with van der Waals surface area (Å²) in [6.45, 7) is 0.691.